The van der Waals surface area contributed by atoms with Crippen molar-refractivity contribution in [1.82, 2.24) is 14.9 Å². The van der Waals surface area contributed by atoms with Gasteiger partial charge in [-0.3, -0.25) is 4.90 Å². The van der Waals surface area contributed by atoms with Gasteiger partial charge in [-0.1, -0.05) is 0 Å². The molecule has 3 saturated heterocycles. The van der Waals surface area contributed by atoms with Crippen molar-refractivity contribution in [2.24, 2.45) is 0 Å². The molecule has 0 atom stereocenters. The van der Waals surface area contributed by atoms with Crippen molar-refractivity contribution in [3.05, 3.63) is 41.2 Å². The van der Waals surface area contributed by atoms with Crippen LogP contribution in [0, 0.1) is 12.3 Å². The van der Waals surface area contributed by atoms with E-state index in [4.69, 9.17) is 14.9 Å². The second-order valence-corrected chi connectivity index (χ2v) is 8.93. The minimum Gasteiger partial charge on any atom is -0.378 e. The van der Waals surface area contributed by atoms with Gasteiger partial charge < -0.3 is 25.1 Å². The van der Waals surface area contributed by atoms with E-state index in [1.54, 1.807) is 6.33 Å². The molecule has 4 heterocycles. The van der Waals surface area contributed by atoms with Gasteiger partial charge in [-0.25, -0.2) is 9.97 Å². The van der Waals surface area contributed by atoms with Gasteiger partial charge in [-0.15, -0.1) is 0 Å². The van der Waals surface area contributed by atoms with E-state index in [-0.39, 0.29) is 0 Å². The number of likely N-dealkylation sites (tertiary alicyclic amines) is 1. The number of nitrogens with one attached hydrogen (secondary N) is 2. The van der Waals surface area contributed by atoms with Gasteiger partial charge in [0, 0.05) is 36.6 Å². The zero-order chi connectivity index (χ0) is 21.9. The van der Waals surface area contributed by atoms with E-state index in [2.05, 4.69) is 44.1 Å². The fourth-order valence-electron chi connectivity index (χ4n) is 4.94. The Morgan fingerprint density at radius 1 is 1.03 bits per heavy atom. The van der Waals surface area contributed by atoms with Crippen LogP contribution in [0.3, 0.4) is 0 Å². The summed E-state index contributed by atoms with van der Waals surface area (Å²) in [5, 5.41) is 11.4. The summed E-state index contributed by atoms with van der Waals surface area (Å²) >= 11 is 0. The summed E-state index contributed by atoms with van der Waals surface area (Å²) in [6.45, 7) is 9.31. The minimum atomic E-state index is 0.543. The number of hydrogen-bond acceptors (Lipinski definition) is 8. The molecular weight excluding hydrogens is 404 g/mol. The summed E-state index contributed by atoms with van der Waals surface area (Å²) in [6.07, 6.45) is 5.35. The number of piperidine rings is 1. The Morgan fingerprint density at radius 2 is 1.81 bits per heavy atom. The van der Waals surface area contributed by atoms with Gasteiger partial charge in [0.05, 0.1) is 32.5 Å². The van der Waals surface area contributed by atoms with E-state index in [0.717, 1.165) is 88.3 Å². The zero-order valence-electron chi connectivity index (χ0n) is 18.7. The van der Waals surface area contributed by atoms with Gasteiger partial charge in [0.1, 0.15) is 18.0 Å². The Bertz CT molecular complexity index is 950. The molecule has 8 nitrogen and oxygen atoms in total. The van der Waals surface area contributed by atoms with E-state index in [1.165, 1.54) is 17.3 Å². The minimum absolute atomic E-state index is 0.543. The van der Waals surface area contributed by atoms with Crippen molar-refractivity contribution in [1.29, 1.82) is 5.41 Å². The van der Waals surface area contributed by atoms with Gasteiger partial charge in [0.25, 0.3) is 0 Å². The summed E-state index contributed by atoms with van der Waals surface area (Å²) < 4.78 is 10.8. The molecule has 0 aliphatic carbocycles. The van der Waals surface area contributed by atoms with Crippen molar-refractivity contribution in [3.63, 3.8) is 0 Å². The summed E-state index contributed by atoms with van der Waals surface area (Å²) in [5.41, 5.74) is 4.45. The molecule has 1 aromatic carbocycles. The SMILES string of the molecule is Cc1cc(C=N)c(Nc2cc(N3CCOCC3)ncn2)cc1C1CCN(C2COC2)CC1. The van der Waals surface area contributed by atoms with Crippen LogP contribution >= 0.6 is 0 Å². The molecule has 2 N–H and O–H groups in total. The van der Waals surface area contributed by atoms with Gasteiger partial charge in [0.15, 0.2) is 0 Å². The Labute approximate surface area is 189 Å². The van der Waals surface area contributed by atoms with E-state index in [0.29, 0.717) is 12.0 Å². The average molecular weight is 437 g/mol. The molecule has 170 valence electrons. The number of anilines is 3. The molecule has 0 radical (unpaired) electrons. The van der Waals surface area contributed by atoms with E-state index in [9.17, 15) is 0 Å². The quantitative estimate of drug-likeness (QED) is 0.673. The molecule has 2 aromatic rings. The number of benzene rings is 1. The van der Waals surface area contributed by atoms with Crippen LogP contribution in [0.25, 0.3) is 0 Å². The lowest BCUT2D eigenvalue weighted by Crippen LogP contribution is -2.51. The monoisotopic (exact) mass is 436 g/mol. The summed E-state index contributed by atoms with van der Waals surface area (Å²) in [7, 11) is 0. The summed E-state index contributed by atoms with van der Waals surface area (Å²) in [6, 6.07) is 6.96. The van der Waals surface area contributed by atoms with Gasteiger partial charge in [-0.2, -0.15) is 0 Å². The summed E-state index contributed by atoms with van der Waals surface area (Å²) in [5.74, 6) is 2.20. The standard InChI is InChI=1S/C24H32N6O2/c1-17-10-19(13-25)22(11-21(17)18-2-4-29(5-3-18)20-14-32-15-20)28-23-12-24(27-16-26-23)30-6-8-31-9-7-30/h10-13,16,18,20,25H,2-9,14-15H2,1H3,(H,26,27,28). The van der Waals surface area contributed by atoms with Crippen LogP contribution in [-0.2, 0) is 9.47 Å². The first kappa shape index (κ1) is 21.3. The van der Waals surface area contributed by atoms with Crippen LogP contribution in [-0.4, -0.2) is 79.7 Å². The molecule has 3 fully saturated rings. The molecule has 5 rings (SSSR count). The van der Waals surface area contributed by atoms with Crippen LogP contribution < -0.4 is 10.2 Å². The van der Waals surface area contributed by atoms with Crippen molar-refractivity contribution < 1.29 is 9.47 Å². The molecule has 0 amide bonds. The zero-order valence-corrected chi connectivity index (χ0v) is 18.7. The van der Waals surface area contributed by atoms with Crippen LogP contribution in [0.5, 0.6) is 0 Å². The van der Waals surface area contributed by atoms with Crippen LogP contribution in [0.1, 0.15) is 35.4 Å². The highest BCUT2D eigenvalue weighted by Crippen LogP contribution is 2.35. The molecule has 32 heavy (non-hydrogen) atoms. The van der Waals surface area contributed by atoms with Crippen LogP contribution in [0.4, 0.5) is 17.3 Å². The maximum Gasteiger partial charge on any atom is 0.135 e. The number of hydrogen-bond donors (Lipinski definition) is 2. The lowest BCUT2D eigenvalue weighted by Gasteiger charge is -2.41. The first-order valence-electron chi connectivity index (χ1n) is 11.6. The Balaban J connectivity index is 1.34. The van der Waals surface area contributed by atoms with Crippen LogP contribution in [0.2, 0.25) is 0 Å². The smallest absolute Gasteiger partial charge is 0.135 e. The normalized spacial score (nSPS) is 20.7. The Morgan fingerprint density at radius 3 is 2.50 bits per heavy atom. The van der Waals surface area contributed by atoms with E-state index in [1.807, 2.05) is 6.07 Å². The topological polar surface area (TPSA) is 86.6 Å². The number of aryl methyl sites for hydroxylation is 1. The lowest BCUT2D eigenvalue weighted by molar-refractivity contribution is -0.0712. The molecule has 3 aliphatic heterocycles. The predicted octanol–water partition coefficient (Wildman–Crippen LogP) is 2.94. The Kier molecular flexibility index (Phi) is 6.34. The predicted molar refractivity (Wildman–Crippen MR) is 126 cm³/mol. The third-order valence-electron chi connectivity index (χ3n) is 6.95. The molecule has 3 aliphatic rings. The highest BCUT2D eigenvalue weighted by Gasteiger charge is 2.30. The van der Waals surface area contributed by atoms with Crippen molar-refractivity contribution >= 4 is 23.5 Å². The number of aromatic nitrogens is 2. The maximum atomic E-state index is 7.93. The van der Waals surface area contributed by atoms with Crippen molar-refractivity contribution in [3.8, 4) is 0 Å². The third kappa shape index (κ3) is 4.48. The van der Waals surface area contributed by atoms with Gasteiger partial charge in [0.2, 0.25) is 0 Å². The second-order valence-electron chi connectivity index (χ2n) is 8.93. The highest BCUT2D eigenvalue weighted by atomic mass is 16.5. The number of rotatable bonds is 6. The first-order chi connectivity index (χ1) is 15.7. The number of nitrogens with zero attached hydrogens (tertiary/aromatic N) is 4. The molecule has 0 unspecified atom stereocenters. The van der Waals surface area contributed by atoms with Crippen molar-refractivity contribution in [2.75, 3.05) is 62.8 Å². The molecular formula is C24H32N6O2. The molecule has 1 aromatic heterocycles. The maximum absolute atomic E-state index is 7.93. The fourth-order valence-corrected chi connectivity index (χ4v) is 4.94. The largest absolute Gasteiger partial charge is 0.378 e. The fraction of sp³-hybridized carbons (Fsp3) is 0.542. The molecule has 0 spiro atoms. The van der Waals surface area contributed by atoms with Crippen molar-refractivity contribution in [2.45, 2.75) is 31.7 Å². The van der Waals surface area contributed by atoms with Gasteiger partial charge >= 0.3 is 0 Å². The molecule has 8 heteroatoms. The average Bonchev–Trinajstić information content (AvgIpc) is 2.80. The third-order valence-corrected chi connectivity index (χ3v) is 6.95. The second kappa shape index (κ2) is 9.52. The molecule has 0 bridgehead atoms. The van der Waals surface area contributed by atoms with E-state index >= 15 is 0 Å². The van der Waals surface area contributed by atoms with E-state index < -0.39 is 0 Å². The summed E-state index contributed by atoms with van der Waals surface area (Å²) in [4.78, 5) is 13.7. The van der Waals surface area contributed by atoms with Crippen LogP contribution in [0.15, 0.2) is 24.5 Å². The Hall–Kier alpha value is -2.55. The number of ether oxygens (including phenoxy) is 2. The first-order valence-corrected chi connectivity index (χ1v) is 11.6. The van der Waals surface area contributed by atoms with Gasteiger partial charge in [-0.05, 0) is 62.0 Å². The highest BCUT2D eigenvalue weighted by molar-refractivity contribution is 5.88. The number of morpholine rings is 1. The lowest BCUT2D eigenvalue weighted by atomic mass is 9.85. The molecule has 0 saturated carbocycles.